The van der Waals surface area contributed by atoms with E-state index in [2.05, 4.69) is 4.90 Å². The largest absolute Gasteiger partial charge is 0.395 e. The van der Waals surface area contributed by atoms with Crippen molar-refractivity contribution in [3.05, 3.63) is 0 Å². The van der Waals surface area contributed by atoms with Crippen LogP contribution in [0.4, 0.5) is 0 Å². The Labute approximate surface area is 114 Å². The third-order valence-electron chi connectivity index (χ3n) is 3.27. The predicted octanol–water partition coefficient (Wildman–Crippen LogP) is -0.407. The first-order chi connectivity index (χ1) is 8.69. The third-order valence-corrected chi connectivity index (χ3v) is 3.91. The molecule has 0 bridgehead atoms. The van der Waals surface area contributed by atoms with E-state index in [0.29, 0.717) is 6.54 Å². The van der Waals surface area contributed by atoms with Gasteiger partial charge in [0.2, 0.25) is 5.91 Å². The second-order valence-electron chi connectivity index (χ2n) is 4.63. The van der Waals surface area contributed by atoms with Crippen LogP contribution in [0.1, 0.15) is 12.8 Å². The van der Waals surface area contributed by atoms with Crippen molar-refractivity contribution in [2.24, 2.45) is 5.73 Å². The van der Waals surface area contributed by atoms with Gasteiger partial charge >= 0.3 is 0 Å². The van der Waals surface area contributed by atoms with Crippen LogP contribution in [0, 0.1) is 0 Å². The average Bonchev–Trinajstić information content (AvgIpc) is 2.61. The van der Waals surface area contributed by atoms with Crippen LogP contribution in [0.5, 0.6) is 0 Å². The van der Waals surface area contributed by atoms with E-state index >= 15 is 0 Å². The highest BCUT2D eigenvalue weighted by atomic mass is 32.2. The number of thioether (sulfide) groups is 1. The fourth-order valence-corrected chi connectivity index (χ4v) is 2.65. The molecule has 1 aliphatic rings. The lowest BCUT2D eigenvalue weighted by molar-refractivity contribution is -0.132. The molecule has 0 saturated carbocycles. The summed E-state index contributed by atoms with van der Waals surface area (Å²) >= 11 is 1.72. The minimum Gasteiger partial charge on any atom is -0.395 e. The minimum atomic E-state index is -0.359. The molecule has 106 valence electrons. The summed E-state index contributed by atoms with van der Waals surface area (Å²) in [5.41, 5.74) is 5.92. The van der Waals surface area contributed by atoms with Crippen LogP contribution >= 0.6 is 11.8 Å². The topological polar surface area (TPSA) is 69.8 Å². The summed E-state index contributed by atoms with van der Waals surface area (Å²) in [5, 5.41) is 8.93. The van der Waals surface area contributed by atoms with Crippen LogP contribution in [0.15, 0.2) is 0 Å². The quantitative estimate of drug-likeness (QED) is 0.690. The van der Waals surface area contributed by atoms with Crippen LogP contribution in [0.25, 0.3) is 0 Å². The van der Waals surface area contributed by atoms with Crippen molar-refractivity contribution < 1.29 is 9.90 Å². The number of aliphatic hydroxyl groups is 1. The highest BCUT2D eigenvalue weighted by molar-refractivity contribution is 7.98. The van der Waals surface area contributed by atoms with E-state index in [1.807, 2.05) is 11.2 Å². The Kier molecular flexibility index (Phi) is 7.65. The first-order valence-electron chi connectivity index (χ1n) is 6.55. The van der Waals surface area contributed by atoms with Crippen LogP contribution in [-0.2, 0) is 4.79 Å². The van der Waals surface area contributed by atoms with Crippen molar-refractivity contribution in [3.63, 3.8) is 0 Å². The Bertz CT molecular complexity index is 253. The predicted molar refractivity (Wildman–Crippen MR) is 75.7 cm³/mol. The van der Waals surface area contributed by atoms with Gasteiger partial charge in [-0.15, -0.1) is 0 Å². The summed E-state index contributed by atoms with van der Waals surface area (Å²) in [6.07, 6.45) is 3.73. The Morgan fingerprint density at radius 3 is 2.83 bits per heavy atom. The summed E-state index contributed by atoms with van der Waals surface area (Å²) in [6, 6.07) is -0.359. The van der Waals surface area contributed by atoms with E-state index in [1.54, 1.807) is 11.8 Å². The van der Waals surface area contributed by atoms with E-state index in [0.717, 1.165) is 44.8 Å². The van der Waals surface area contributed by atoms with Crippen molar-refractivity contribution >= 4 is 17.7 Å². The molecule has 1 saturated heterocycles. The summed E-state index contributed by atoms with van der Waals surface area (Å²) in [6.45, 7) is 4.17. The number of carbonyl (C=O) groups is 1. The van der Waals surface area contributed by atoms with Gasteiger partial charge in [0.25, 0.3) is 0 Å². The van der Waals surface area contributed by atoms with Crippen LogP contribution in [0.2, 0.25) is 0 Å². The lowest BCUT2D eigenvalue weighted by Crippen LogP contribution is -2.45. The number of rotatable bonds is 6. The third kappa shape index (κ3) is 5.14. The SMILES string of the molecule is CSCC[C@H](N)C(=O)N1CCCN(CCO)CC1. The highest BCUT2D eigenvalue weighted by Gasteiger charge is 2.23. The Morgan fingerprint density at radius 1 is 1.39 bits per heavy atom. The molecular formula is C12H25N3O2S. The molecule has 1 fully saturated rings. The maximum Gasteiger partial charge on any atom is 0.239 e. The van der Waals surface area contributed by atoms with Gasteiger partial charge in [0.1, 0.15) is 0 Å². The fraction of sp³-hybridized carbons (Fsp3) is 0.917. The second kappa shape index (κ2) is 8.74. The molecule has 1 rings (SSSR count). The molecule has 0 radical (unpaired) electrons. The van der Waals surface area contributed by atoms with E-state index in [9.17, 15) is 4.79 Å². The van der Waals surface area contributed by atoms with Gasteiger partial charge < -0.3 is 15.7 Å². The normalized spacial score (nSPS) is 19.6. The zero-order chi connectivity index (χ0) is 13.4. The smallest absolute Gasteiger partial charge is 0.239 e. The van der Waals surface area contributed by atoms with Gasteiger partial charge in [-0.2, -0.15) is 11.8 Å². The Morgan fingerprint density at radius 2 is 2.17 bits per heavy atom. The number of β-amino-alcohol motifs (C(OH)–C–C–N with tert-alkyl or cyclic N) is 1. The van der Waals surface area contributed by atoms with Gasteiger partial charge in [-0.3, -0.25) is 9.69 Å². The van der Waals surface area contributed by atoms with Crippen LogP contribution in [-0.4, -0.2) is 78.2 Å². The molecule has 18 heavy (non-hydrogen) atoms. The molecule has 0 spiro atoms. The molecule has 0 aromatic rings. The number of hydrogen-bond acceptors (Lipinski definition) is 5. The molecule has 0 aromatic carbocycles. The van der Waals surface area contributed by atoms with Gasteiger partial charge in [0, 0.05) is 26.2 Å². The molecule has 1 aliphatic heterocycles. The standard InChI is InChI=1S/C12H25N3O2S/c1-18-10-3-11(13)12(17)15-5-2-4-14(6-7-15)8-9-16/h11,16H,2-10,13H2,1H3/t11-/m0/s1. The van der Waals surface area contributed by atoms with Gasteiger partial charge in [-0.1, -0.05) is 0 Å². The van der Waals surface area contributed by atoms with Gasteiger partial charge in [-0.05, 0) is 31.4 Å². The van der Waals surface area contributed by atoms with E-state index < -0.39 is 0 Å². The Hall–Kier alpha value is -0.300. The summed E-state index contributed by atoms with van der Waals surface area (Å²) in [5.74, 6) is 1.01. The fourth-order valence-electron chi connectivity index (χ4n) is 2.16. The average molecular weight is 275 g/mol. The minimum absolute atomic E-state index is 0.0786. The lowest BCUT2D eigenvalue weighted by Gasteiger charge is -2.24. The van der Waals surface area contributed by atoms with Crippen LogP contribution < -0.4 is 5.73 Å². The van der Waals surface area contributed by atoms with Crippen molar-refractivity contribution in [2.75, 3.05) is 51.3 Å². The van der Waals surface area contributed by atoms with E-state index in [4.69, 9.17) is 10.8 Å². The molecular weight excluding hydrogens is 250 g/mol. The number of carbonyl (C=O) groups excluding carboxylic acids is 1. The molecule has 1 amide bonds. The summed E-state index contributed by atoms with van der Waals surface area (Å²) in [4.78, 5) is 16.2. The number of aliphatic hydroxyl groups excluding tert-OH is 1. The van der Waals surface area contributed by atoms with E-state index in [1.165, 1.54) is 0 Å². The first kappa shape index (κ1) is 15.8. The molecule has 0 unspecified atom stereocenters. The Balaban J connectivity index is 2.39. The van der Waals surface area contributed by atoms with E-state index in [-0.39, 0.29) is 18.6 Å². The number of amides is 1. The summed E-state index contributed by atoms with van der Waals surface area (Å²) in [7, 11) is 0. The maximum absolute atomic E-state index is 12.1. The van der Waals surface area contributed by atoms with Crippen molar-refractivity contribution in [2.45, 2.75) is 18.9 Å². The van der Waals surface area contributed by atoms with Crippen molar-refractivity contribution in [3.8, 4) is 0 Å². The zero-order valence-corrected chi connectivity index (χ0v) is 12.0. The van der Waals surface area contributed by atoms with Gasteiger partial charge in [0.15, 0.2) is 0 Å². The summed E-state index contributed by atoms with van der Waals surface area (Å²) < 4.78 is 0. The monoisotopic (exact) mass is 275 g/mol. The second-order valence-corrected chi connectivity index (χ2v) is 5.62. The molecule has 5 nitrogen and oxygen atoms in total. The zero-order valence-electron chi connectivity index (χ0n) is 11.2. The molecule has 0 aliphatic carbocycles. The lowest BCUT2D eigenvalue weighted by atomic mass is 10.2. The van der Waals surface area contributed by atoms with Crippen molar-refractivity contribution in [1.29, 1.82) is 0 Å². The highest BCUT2D eigenvalue weighted by Crippen LogP contribution is 2.07. The van der Waals surface area contributed by atoms with Gasteiger partial charge in [-0.25, -0.2) is 0 Å². The molecule has 0 aromatic heterocycles. The van der Waals surface area contributed by atoms with Crippen LogP contribution in [0.3, 0.4) is 0 Å². The molecule has 1 atom stereocenters. The number of nitrogens with zero attached hydrogens (tertiary/aromatic N) is 2. The molecule has 3 N–H and O–H groups in total. The van der Waals surface area contributed by atoms with Crippen molar-refractivity contribution in [1.82, 2.24) is 9.80 Å². The first-order valence-corrected chi connectivity index (χ1v) is 7.95. The van der Waals surface area contributed by atoms with Gasteiger partial charge in [0.05, 0.1) is 12.6 Å². The number of nitrogens with two attached hydrogens (primary N) is 1. The molecule has 6 heteroatoms. The molecule has 1 heterocycles. The number of hydrogen-bond donors (Lipinski definition) is 2. The maximum atomic E-state index is 12.1.